The first-order valence-corrected chi connectivity index (χ1v) is 6.47. The molecule has 0 aromatic rings. The summed E-state index contributed by atoms with van der Waals surface area (Å²) in [4.78, 5) is 5.11. The number of thioether (sulfide) groups is 2. The fourth-order valence-electron chi connectivity index (χ4n) is 0.414. The zero-order valence-corrected chi connectivity index (χ0v) is 11.5. The van der Waals surface area contributed by atoms with Gasteiger partial charge in [-0.25, -0.2) is 9.98 Å². The fraction of sp³-hybridized carbons (Fsp3) is 0.429. The quantitative estimate of drug-likeness (QED) is 0.135. The van der Waals surface area contributed by atoms with Gasteiger partial charge in [0.05, 0.1) is 5.08 Å². The summed E-state index contributed by atoms with van der Waals surface area (Å²) in [6.45, 7) is 0.338. The maximum absolute atomic E-state index is 5.13. The van der Waals surface area contributed by atoms with Gasteiger partial charge >= 0.3 is 22.3 Å². The first-order valence-electron chi connectivity index (χ1n) is 4.50. The molecule has 19 heavy (non-hydrogen) atoms. The maximum Gasteiger partial charge on any atom is 0.341 e. The van der Waals surface area contributed by atoms with Gasteiger partial charge in [-0.2, -0.15) is 0 Å². The largest absolute Gasteiger partial charge is 0.341 e. The van der Waals surface area contributed by atoms with E-state index in [-0.39, 0.29) is 19.3 Å². The number of nitrogens with one attached hydrogen (secondary N) is 2. The molecule has 0 fully saturated rings. The lowest BCUT2D eigenvalue weighted by Crippen LogP contribution is -2.97. The van der Waals surface area contributed by atoms with E-state index >= 15 is 0 Å². The SMILES string of the molecule is C.NC(=[NH2+])SCSC(N)=[NH2+].NC(N)=[NH+]C[NH+]=C(N)N. The molecule has 112 valence electrons. The zero-order chi connectivity index (χ0) is 14.6. The van der Waals surface area contributed by atoms with E-state index in [2.05, 4.69) is 9.98 Å². The number of amidine groups is 2. The van der Waals surface area contributed by atoms with Crippen LogP contribution in [0, 0.1) is 0 Å². The summed E-state index contributed by atoms with van der Waals surface area (Å²) in [7, 11) is 0. The molecule has 0 saturated carbocycles. The molecule has 10 nitrogen and oxygen atoms in total. The molecule has 0 aliphatic heterocycles. The number of rotatable bonds is 4. The molecule has 0 bridgehead atoms. The first kappa shape index (κ1) is 22.4. The first-order chi connectivity index (χ1) is 8.25. The van der Waals surface area contributed by atoms with E-state index in [0.717, 1.165) is 0 Å². The standard InChI is InChI=1S/C3H10N6.C3H8N4S2.CH4/c2*4-2(5)8-1-9-3(6)7;/h1H2,(H4,4,5,8)(H4,6,7,9);1H2,(H3,4,5)(H3,6,7);1H4/p+4. The van der Waals surface area contributed by atoms with Crippen LogP contribution in [0.25, 0.3) is 0 Å². The second-order valence-electron chi connectivity index (χ2n) is 2.65. The normalized spacial score (nSPS) is 8.00. The number of guanidine groups is 2. The molecule has 0 atom stereocenters. The monoisotopic (exact) mass is 314 g/mol. The van der Waals surface area contributed by atoms with Gasteiger partial charge in [0.15, 0.2) is 6.67 Å². The van der Waals surface area contributed by atoms with Crippen LogP contribution in [0.1, 0.15) is 7.43 Å². The predicted octanol–water partition coefficient (Wildman–Crippen LogP) is -9.15. The summed E-state index contributed by atoms with van der Waals surface area (Å²) in [6.07, 6.45) is 0. The highest BCUT2D eigenvalue weighted by molar-refractivity contribution is 8.28. The van der Waals surface area contributed by atoms with Gasteiger partial charge in [0.1, 0.15) is 0 Å². The Bertz CT molecular complexity index is 288. The minimum atomic E-state index is 0. The lowest BCUT2D eigenvalue weighted by Gasteiger charge is -1.87. The Morgan fingerprint density at radius 2 is 1.11 bits per heavy atom. The summed E-state index contributed by atoms with van der Waals surface area (Å²) >= 11 is 2.63. The molecule has 0 aliphatic carbocycles. The minimum Gasteiger partial charge on any atom is -0.291 e. The van der Waals surface area contributed by atoms with E-state index in [9.17, 15) is 0 Å². The molecule has 0 spiro atoms. The van der Waals surface area contributed by atoms with Crippen molar-refractivity contribution in [1.29, 1.82) is 0 Å². The van der Waals surface area contributed by atoms with Crippen molar-refractivity contribution in [2.45, 2.75) is 7.43 Å². The summed E-state index contributed by atoms with van der Waals surface area (Å²) in [6, 6.07) is 0. The van der Waals surface area contributed by atoms with Crippen LogP contribution in [-0.4, -0.2) is 34.0 Å². The van der Waals surface area contributed by atoms with E-state index in [1.54, 1.807) is 0 Å². The summed E-state index contributed by atoms with van der Waals surface area (Å²) in [5.74, 6) is 0.257. The Kier molecular flexibility index (Phi) is 16.8. The van der Waals surface area contributed by atoms with Gasteiger partial charge in [0.2, 0.25) is 0 Å². The molecular formula is C7H26N10S2+4. The summed E-state index contributed by atoms with van der Waals surface area (Å²) < 4.78 is 0. The average molecular weight is 314 g/mol. The highest BCUT2D eigenvalue weighted by Crippen LogP contribution is 2.06. The Hall–Kier alpha value is -1.82. The van der Waals surface area contributed by atoms with E-state index in [1.807, 2.05) is 0 Å². The Morgan fingerprint density at radius 3 is 1.32 bits per heavy atom. The Labute approximate surface area is 120 Å². The summed E-state index contributed by atoms with van der Waals surface area (Å²) in [5.41, 5.74) is 30.4. The van der Waals surface area contributed by atoms with Crippen LogP contribution < -0.4 is 55.2 Å². The third-order valence-corrected chi connectivity index (χ3v) is 2.65. The van der Waals surface area contributed by atoms with E-state index < -0.39 is 0 Å². The molecule has 0 amide bonds. The van der Waals surface area contributed by atoms with Gasteiger partial charge < -0.3 is 0 Å². The van der Waals surface area contributed by atoms with E-state index in [4.69, 9.17) is 45.2 Å². The molecule has 0 saturated heterocycles. The van der Waals surface area contributed by atoms with Crippen molar-refractivity contribution in [3.63, 3.8) is 0 Å². The molecular weight excluding hydrogens is 288 g/mol. The second kappa shape index (κ2) is 14.2. The highest BCUT2D eigenvalue weighted by atomic mass is 32.2. The summed E-state index contributed by atoms with van der Waals surface area (Å²) in [5, 5.41) is 11.6. The number of nitrogens with two attached hydrogens (primary N) is 8. The highest BCUT2D eigenvalue weighted by Gasteiger charge is 1.99. The van der Waals surface area contributed by atoms with Crippen molar-refractivity contribution in [1.82, 2.24) is 0 Å². The molecule has 0 heterocycles. The van der Waals surface area contributed by atoms with Crippen molar-refractivity contribution in [3.8, 4) is 0 Å². The molecule has 0 radical (unpaired) electrons. The van der Waals surface area contributed by atoms with Gasteiger partial charge in [-0.15, -0.1) is 0 Å². The molecule has 18 N–H and O–H groups in total. The van der Waals surface area contributed by atoms with Crippen molar-refractivity contribution >= 4 is 45.8 Å². The average Bonchev–Trinajstić information content (AvgIpc) is 2.15. The van der Waals surface area contributed by atoms with Gasteiger partial charge in [-0.05, 0) is 23.5 Å². The predicted molar refractivity (Wildman–Crippen MR) is 82.6 cm³/mol. The van der Waals surface area contributed by atoms with Crippen LogP contribution in [0.3, 0.4) is 0 Å². The van der Waals surface area contributed by atoms with Crippen LogP contribution in [0.4, 0.5) is 0 Å². The molecule has 0 aliphatic rings. The smallest absolute Gasteiger partial charge is 0.291 e. The van der Waals surface area contributed by atoms with Crippen molar-refractivity contribution in [3.05, 3.63) is 0 Å². The maximum atomic E-state index is 5.13. The second-order valence-corrected chi connectivity index (χ2v) is 5.12. The van der Waals surface area contributed by atoms with Gasteiger partial charge in [0, 0.05) is 0 Å². The molecule has 0 aromatic heterocycles. The van der Waals surface area contributed by atoms with Crippen molar-refractivity contribution in [2.24, 2.45) is 34.4 Å². The van der Waals surface area contributed by atoms with Gasteiger partial charge in [0.25, 0.3) is 0 Å². The fourth-order valence-corrected chi connectivity index (χ4v) is 1.74. The van der Waals surface area contributed by atoms with Crippen LogP contribution in [0.15, 0.2) is 0 Å². The molecule has 12 heteroatoms. The van der Waals surface area contributed by atoms with E-state index in [0.29, 0.717) is 22.1 Å². The number of hydrogen-bond donors (Lipinski definition) is 10. The Morgan fingerprint density at radius 1 is 0.789 bits per heavy atom. The molecule has 0 rings (SSSR count). The number of hydrogen-bond acceptors (Lipinski definition) is 2. The Balaban J connectivity index is -0.000000256. The zero-order valence-electron chi connectivity index (χ0n) is 9.85. The van der Waals surface area contributed by atoms with Crippen LogP contribution in [0.5, 0.6) is 0 Å². The van der Waals surface area contributed by atoms with Crippen LogP contribution in [-0.2, 0) is 0 Å². The third kappa shape index (κ3) is 31.4. The van der Waals surface area contributed by atoms with Gasteiger partial charge in [-0.1, -0.05) is 7.43 Å². The van der Waals surface area contributed by atoms with Crippen molar-refractivity contribution < 1.29 is 20.8 Å². The molecule has 0 aromatic carbocycles. The van der Waals surface area contributed by atoms with Crippen molar-refractivity contribution in [2.75, 3.05) is 11.8 Å². The topological polar surface area (TPSA) is 235 Å². The lowest BCUT2D eigenvalue weighted by molar-refractivity contribution is -0.681. The van der Waals surface area contributed by atoms with Crippen LogP contribution >= 0.6 is 23.5 Å². The third-order valence-electron chi connectivity index (χ3n) is 1.04. The molecule has 0 unspecified atom stereocenters. The lowest BCUT2D eigenvalue weighted by atomic mass is 10.9. The van der Waals surface area contributed by atoms with Gasteiger partial charge in [-0.3, -0.25) is 45.2 Å². The van der Waals surface area contributed by atoms with Crippen LogP contribution in [0.2, 0.25) is 0 Å². The van der Waals surface area contributed by atoms with E-state index in [1.165, 1.54) is 23.5 Å². The minimum absolute atomic E-state index is 0.